The molecule has 1 aliphatic carbocycles. The van der Waals surface area contributed by atoms with Crippen molar-refractivity contribution in [2.75, 3.05) is 36.1 Å². The summed E-state index contributed by atoms with van der Waals surface area (Å²) < 4.78 is 47.6. The lowest BCUT2D eigenvalue weighted by molar-refractivity contribution is -0.124. The molecule has 0 fully saturated rings. The van der Waals surface area contributed by atoms with E-state index in [0.29, 0.717) is 12.8 Å². The average molecular weight is 603 g/mol. The van der Waals surface area contributed by atoms with Gasteiger partial charge in [0.05, 0.1) is 11.5 Å². The lowest BCUT2D eigenvalue weighted by Crippen LogP contribution is -2.40. The molecule has 0 saturated heterocycles. The number of hydrogen-bond acceptors (Lipinski definition) is 8. The predicted octanol–water partition coefficient (Wildman–Crippen LogP) is 2.49. The van der Waals surface area contributed by atoms with E-state index in [1.165, 1.54) is 13.8 Å². The van der Waals surface area contributed by atoms with E-state index in [-0.39, 0.29) is 82.8 Å². The number of rotatable bonds is 16. The minimum absolute atomic E-state index is 0.0357. The first-order valence-corrected chi connectivity index (χ1v) is 17.3. The van der Waals surface area contributed by atoms with Crippen LogP contribution < -0.4 is 10.6 Å². The normalized spacial score (nSPS) is 15.5. The highest BCUT2D eigenvalue weighted by Gasteiger charge is 2.43. The van der Waals surface area contributed by atoms with Crippen LogP contribution in [0.25, 0.3) is 0 Å². The minimum Gasteiger partial charge on any atom is -0.355 e. The van der Waals surface area contributed by atoms with Crippen molar-refractivity contribution in [3.8, 4) is 0 Å². The lowest BCUT2D eigenvalue weighted by Gasteiger charge is -2.36. The van der Waals surface area contributed by atoms with Crippen molar-refractivity contribution in [1.82, 2.24) is 10.6 Å². The topological polar surface area (TPSA) is 161 Å². The first-order valence-electron chi connectivity index (χ1n) is 13.7. The van der Waals surface area contributed by atoms with Crippen LogP contribution in [-0.4, -0.2) is 76.3 Å². The van der Waals surface area contributed by atoms with Gasteiger partial charge in [-0.1, -0.05) is 41.5 Å². The molecule has 40 heavy (non-hydrogen) atoms. The third kappa shape index (κ3) is 9.94. The lowest BCUT2D eigenvalue weighted by atomic mass is 9.66. The molecule has 2 amide bonds. The van der Waals surface area contributed by atoms with Crippen LogP contribution in [0, 0.1) is 10.8 Å². The Kier molecular flexibility index (Phi) is 12.5. The number of Topliss-reactive ketones (excluding diaryl/α,β-unsaturated/α-hetero) is 2. The van der Waals surface area contributed by atoms with E-state index in [1.54, 1.807) is 41.5 Å². The molecule has 12 heteroatoms. The van der Waals surface area contributed by atoms with Gasteiger partial charge in [-0.3, -0.25) is 19.2 Å². The number of ketones is 2. The number of hydrogen-bond donors (Lipinski definition) is 2. The number of sulfone groups is 2. The van der Waals surface area contributed by atoms with Crippen molar-refractivity contribution < 1.29 is 36.0 Å². The van der Waals surface area contributed by atoms with Crippen molar-refractivity contribution in [1.29, 1.82) is 0 Å². The summed E-state index contributed by atoms with van der Waals surface area (Å²) in [4.78, 5) is 52.4. The summed E-state index contributed by atoms with van der Waals surface area (Å²) >= 11 is 0. The van der Waals surface area contributed by atoms with Crippen LogP contribution in [0.5, 0.6) is 0 Å². The fraction of sp³-hybridized carbons (Fsp3) is 0.714. The second-order valence-corrected chi connectivity index (χ2v) is 16.4. The smallest absolute Gasteiger partial charge is 0.220 e. The maximum atomic E-state index is 13.6. The maximum absolute atomic E-state index is 13.6. The quantitative estimate of drug-likeness (QED) is 0.255. The van der Waals surface area contributed by atoms with Gasteiger partial charge in [-0.25, -0.2) is 16.8 Å². The number of nitrogens with one attached hydrogen (secondary N) is 2. The standard InChI is InChI=1S/C28H46N2O8S2/c1-9-13-39(35,36)15-11-29-21(31)17-27(5,6)23-19(3)26(34)24(20(4)25(23)33)28(7,8)18-22(32)30-12-16-40(37,38)14-10-2/h9-18H2,1-8H3,(H,29,31)(H,30,32). The molecule has 10 nitrogen and oxygen atoms in total. The highest BCUT2D eigenvalue weighted by atomic mass is 32.2. The molecular formula is C28H46N2O8S2. The zero-order valence-electron chi connectivity index (χ0n) is 25.2. The van der Waals surface area contributed by atoms with Crippen molar-refractivity contribution >= 4 is 43.1 Å². The third-order valence-electron chi connectivity index (χ3n) is 6.94. The second kappa shape index (κ2) is 14.0. The summed E-state index contributed by atoms with van der Waals surface area (Å²) in [7, 11) is -6.50. The SMILES string of the molecule is CCCS(=O)(=O)CCNC(=O)CC(C)(C)C1=C(C)C(=O)C(C(C)(C)CC(=O)NCCS(=O)(=O)CCC)=C(C)C1=O. The van der Waals surface area contributed by atoms with Gasteiger partial charge in [0.25, 0.3) is 0 Å². The molecular weight excluding hydrogens is 556 g/mol. The molecule has 1 aliphatic rings. The summed E-state index contributed by atoms with van der Waals surface area (Å²) in [6, 6.07) is 0. The van der Waals surface area contributed by atoms with E-state index < -0.39 is 42.3 Å². The van der Waals surface area contributed by atoms with Gasteiger partial charge in [-0.15, -0.1) is 0 Å². The minimum atomic E-state index is -3.25. The van der Waals surface area contributed by atoms with Crippen LogP contribution in [0.3, 0.4) is 0 Å². The molecule has 0 aromatic carbocycles. The maximum Gasteiger partial charge on any atom is 0.220 e. The molecule has 0 aromatic rings. The van der Waals surface area contributed by atoms with E-state index in [4.69, 9.17) is 0 Å². The van der Waals surface area contributed by atoms with Gasteiger partial charge >= 0.3 is 0 Å². The molecule has 228 valence electrons. The number of allylic oxidation sites excluding steroid dienone is 4. The Bertz CT molecular complexity index is 1190. The summed E-state index contributed by atoms with van der Waals surface area (Å²) in [6.45, 7) is 13.3. The molecule has 0 aromatic heterocycles. The van der Waals surface area contributed by atoms with E-state index in [0.717, 1.165) is 0 Å². The van der Waals surface area contributed by atoms with Gasteiger partial charge < -0.3 is 10.6 Å². The first-order chi connectivity index (χ1) is 18.2. The number of amides is 2. The molecule has 0 heterocycles. The zero-order chi connectivity index (χ0) is 31.1. The van der Waals surface area contributed by atoms with Gasteiger partial charge in [-0.2, -0.15) is 0 Å². The van der Waals surface area contributed by atoms with Crippen LogP contribution in [0.4, 0.5) is 0 Å². The summed E-state index contributed by atoms with van der Waals surface area (Å²) in [5.41, 5.74) is -1.19. The highest BCUT2D eigenvalue weighted by Crippen LogP contribution is 2.44. The van der Waals surface area contributed by atoms with Crippen molar-refractivity contribution in [3.63, 3.8) is 0 Å². The van der Waals surface area contributed by atoms with Gasteiger partial charge in [0.15, 0.2) is 31.2 Å². The third-order valence-corrected chi connectivity index (χ3v) is 10.7. The molecule has 0 spiro atoms. The Balaban J connectivity index is 3.02. The average Bonchev–Trinajstić information content (AvgIpc) is 2.76. The molecule has 1 rings (SSSR count). The second-order valence-electron chi connectivity index (χ2n) is 11.8. The summed E-state index contributed by atoms with van der Waals surface area (Å²) in [6.07, 6.45) is 0.739. The summed E-state index contributed by atoms with van der Waals surface area (Å²) in [5, 5.41) is 5.20. The van der Waals surface area contributed by atoms with E-state index >= 15 is 0 Å². The van der Waals surface area contributed by atoms with Gasteiger partial charge in [-0.05, 0) is 26.7 Å². The van der Waals surface area contributed by atoms with Crippen molar-refractivity contribution in [2.45, 2.75) is 81.1 Å². The Labute approximate surface area is 239 Å². The molecule has 0 radical (unpaired) electrons. The van der Waals surface area contributed by atoms with Crippen LogP contribution in [0.2, 0.25) is 0 Å². The Morgan fingerprint density at radius 2 is 0.925 bits per heavy atom. The Morgan fingerprint density at radius 3 is 1.20 bits per heavy atom. The van der Waals surface area contributed by atoms with Crippen molar-refractivity contribution in [2.24, 2.45) is 10.8 Å². The van der Waals surface area contributed by atoms with Crippen LogP contribution in [0.15, 0.2) is 22.3 Å². The fourth-order valence-corrected chi connectivity index (χ4v) is 7.67. The first kappa shape index (κ1) is 35.7. The molecule has 0 saturated carbocycles. The zero-order valence-corrected chi connectivity index (χ0v) is 26.8. The van der Waals surface area contributed by atoms with E-state index in [9.17, 15) is 36.0 Å². The molecule has 2 N–H and O–H groups in total. The number of carbonyl (C=O) groups excluding carboxylic acids is 4. The largest absolute Gasteiger partial charge is 0.355 e. The van der Waals surface area contributed by atoms with Gasteiger partial charge in [0.2, 0.25) is 11.8 Å². The van der Waals surface area contributed by atoms with Gasteiger partial charge in [0, 0.05) is 70.6 Å². The number of carbonyl (C=O) groups is 4. The van der Waals surface area contributed by atoms with Gasteiger partial charge in [0.1, 0.15) is 0 Å². The van der Waals surface area contributed by atoms with Crippen LogP contribution in [0.1, 0.15) is 81.1 Å². The van der Waals surface area contributed by atoms with Crippen molar-refractivity contribution in [3.05, 3.63) is 22.3 Å². The molecule has 0 atom stereocenters. The predicted molar refractivity (Wildman–Crippen MR) is 156 cm³/mol. The van der Waals surface area contributed by atoms with E-state index in [1.807, 2.05) is 0 Å². The fourth-order valence-electron chi connectivity index (χ4n) is 5.20. The monoisotopic (exact) mass is 602 g/mol. The molecule has 0 bridgehead atoms. The summed E-state index contributed by atoms with van der Waals surface area (Å²) in [5.74, 6) is -1.87. The Morgan fingerprint density at radius 1 is 0.625 bits per heavy atom. The Hall–Kier alpha value is -2.34. The molecule has 0 aliphatic heterocycles. The highest BCUT2D eigenvalue weighted by molar-refractivity contribution is 7.91. The van der Waals surface area contributed by atoms with E-state index in [2.05, 4.69) is 10.6 Å². The van der Waals surface area contributed by atoms with Crippen LogP contribution in [-0.2, 0) is 38.9 Å². The van der Waals surface area contributed by atoms with Crippen LogP contribution >= 0.6 is 0 Å². The molecule has 0 unspecified atom stereocenters.